The number of aromatic nitrogens is 1. The number of amides is 2. The third-order valence-electron chi connectivity index (χ3n) is 6.67. The number of methoxy groups -OCH3 is 1. The fourth-order valence-electron chi connectivity index (χ4n) is 5.16. The number of hydrogen-bond donors (Lipinski definition) is 1. The molecule has 2 saturated heterocycles. The molecule has 2 atom stereocenters. The molecule has 8 heteroatoms. The van der Waals surface area contributed by atoms with Gasteiger partial charge in [0.05, 0.1) is 13.7 Å². The molecule has 1 aromatic heterocycles. The lowest BCUT2D eigenvalue weighted by molar-refractivity contribution is -0.0211. The quantitative estimate of drug-likeness (QED) is 0.806. The van der Waals surface area contributed by atoms with Crippen LogP contribution in [-0.2, 0) is 13.1 Å². The van der Waals surface area contributed by atoms with Gasteiger partial charge in [0, 0.05) is 31.9 Å². The van der Waals surface area contributed by atoms with Gasteiger partial charge in [-0.2, -0.15) is 0 Å². The Labute approximate surface area is 180 Å². The summed E-state index contributed by atoms with van der Waals surface area (Å²) in [5, 5.41) is 2.81. The van der Waals surface area contributed by atoms with Crippen LogP contribution in [0.2, 0.25) is 0 Å². The number of carbonyl (C=O) groups excluding carboxylic acids is 2. The van der Waals surface area contributed by atoms with Gasteiger partial charge in [-0.1, -0.05) is 30.3 Å². The number of pyridine rings is 1. The topological polar surface area (TPSA) is 83.9 Å². The monoisotopic (exact) mass is 422 g/mol. The maximum absolute atomic E-state index is 13.3. The first-order chi connectivity index (χ1) is 15.1. The Morgan fingerprint density at radius 3 is 2.74 bits per heavy atom. The number of hydrogen-bond acceptors (Lipinski definition) is 5. The minimum atomic E-state index is -0.554. The second-order valence-electron chi connectivity index (χ2n) is 8.38. The van der Waals surface area contributed by atoms with Crippen molar-refractivity contribution in [2.75, 3.05) is 20.2 Å². The van der Waals surface area contributed by atoms with Crippen LogP contribution < -0.4 is 15.5 Å². The van der Waals surface area contributed by atoms with Gasteiger partial charge >= 0.3 is 0 Å². The van der Waals surface area contributed by atoms with Gasteiger partial charge in [0.15, 0.2) is 11.4 Å². The van der Waals surface area contributed by atoms with Gasteiger partial charge in [0.25, 0.3) is 11.8 Å². The summed E-state index contributed by atoms with van der Waals surface area (Å²) in [6.07, 6.45) is 4.72. The van der Waals surface area contributed by atoms with Crippen molar-refractivity contribution in [3.05, 3.63) is 63.6 Å². The highest BCUT2D eigenvalue weighted by molar-refractivity contribution is 5.99. The summed E-state index contributed by atoms with van der Waals surface area (Å²) in [5.74, 6) is -0.730. The first-order valence-electron chi connectivity index (χ1n) is 10.8. The summed E-state index contributed by atoms with van der Waals surface area (Å²) in [5.41, 5.74) is 0.615. The van der Waals surface area contributed by atoms with E-state index < -0.39 is 11.3 Å². The largest absolute Gasteiger partial charge is 0.491 e. The van der Waals surface area contributed by atoms with Crippen molar-refractivity contribution in [2.24, 2.45) is 0 Å². The predicted molar refractivity (Wildman–Crippen MR) is 114 cm³/mol. The van der Waals surface area contributed by atoms with E-state index >= 15 is 0 Å². The minimum absolute atomic E-state index is 0.00781. The Bertz CT molecular complexity index is 1080. The zero-order valence-corrected chi connectivity index (χ0v) is 17.5. The molecule has 0 radical (unpaired) electrons. The number of benzene rings is 1. The van der Waals surface area contributed by atoms with Crippen molar-refractivity contribution in [2.45, 2.75) is 44.6 Å². The van der Waals surface area contributed by atoms with E-state index in [0.29, 0.717) is 25.7 Å². The molecule has 31 heavy (non-hydrogen) atoms. The number of ether oxygens (including phenoxy) is 1. The zero-order chi connectivity index (χ0) is 21.5. The molecular weight excluding hydrogens is 396 g/mol. The van der Waals surface area contributed by atoms with Crippen LogP contribution >= 0.6 is 0 Å². The Hall–Kier alpha value is -3.13. The van der Waals surface area contributed by atoms with Gasteiger partial charge in [-0.05, 0) is 24.8 Å². The van der Waals surface area contributed by atoms with Gasteiger partial charge in [-0.25, -0.2) is 0 Å². The van der Waals surface area contributed by atoms with E-state index in [1.165, 1.54) is 13.3 Å². The number of rotatable bonds is 4. The lowest BCUT2D eigenvalue weighted by Crippen LogP contribution is -2.62. The van der Waals surface area contributed by atoms with Crippen LogP contribution in [0.1, 0.15) is 45.7 Å². The van der Waals surface area contributed by atoms with E-state index in [4.69, 9.17) is 4.74 Å². The van der Waals surface area contributed by atoms with Crippen LogP contribution in [0.3, 0.4) is 0 Å². The Morgan fingerprint density at radius 1 is 1.16 bits per heavy atom. The lowest BCUT2D eigenvalue weighted by Gasteiger charge is -2.48. The van der Waals surface area contributed by atoms with E-state index in [9.17, 15) is 14.4 Å². The van der Waals surface area contributed by atoms with Crippen LogP contribution in [0.25, 0.3) is 0 Å². The van der Waals surface area contributed by atoms with Crippen molar-refractivity contribution in [1.82, 2.24) is 19.7 Å². The molecule has 0 bridgehead atoms. The van der Waals surface area contributed by atoms with Gasteiger partial charge in [-0.15, -0.1) is 0 Å². The average molecular weight is 422 g/mol. The normalized spacial score (nSPS) is 22.5. The Kier molecular flexibility index (Phi) is 5.02. The number of carbonyl (C=O) groups is 2. The molecule has 4 heterocycles. The summed E-state index contributed by atoms with van der Waals surface area (Å²) in [6, 6.07) is 10.0. The van der Waals surface area contributed by atoms with Crippen molar-refractivity contribution < 1.29 is 14.3 Å². The molecule has 8 nitrogen and oxygen atoms in total. The molecule has 0 aliphatic carbocycles. The van der Waals surface area contributed by atoms with E-state index in [1.807, 2.05) is 35.2 Å². The van der Waals surface area contributed by atoms with E-state index in [-0.39, 0.29) is 29.1 Å². The van der Waals surface area contributed by atoms with Crippen molar-refractivity contribution >= 4 is 11.8 Å². The van der Waals surface area contributed by atoms with Crippen molar-refractivity contribution in [3.63, 3.8) is 0 Å². The van der Waals surface area contributed by atoms with Gasteiger partial charge < -0.3 is 19.5 Å². The Morgan fingerprint density at radius 2 is 1.97 bits per heavy atom. The zero-order valence-electron chi connectivity index (χ0n) is 17.5. The molecule has 3 aliphatic rings. The SMILES string of the molecule is COc1c2n(cc(C(=O)NCc3ccccc3)c1=O)C[C@H]1N(CC[C@H]3CCCN31)C2=O. The molecule has 2 amide bonds. The summed E-state index contributed by atoms with van der Waals surface area (Å²) in [4.78, 5) is 43.5. The predicted octanol–water partition coefficient (Wildman–Crippen LogP) is 1.44. The van der Waals surface area contributed by atoms with Gasteiger partial charge in [0.2, 0.25) is 5.43 Å². The molecule has 3 aliphatic heterocycles. The van der Waals surface area contributed by atoms with Gasteiger partial charge in [0.1, 0.15) is 11.7 Å². The van der Waals surface area contributed by atoms with Crippen molar-refractivity contribution in [3.8, 4) is 5.75 Å². The lowest BCUT2D eigenvalue weighted by atomic mass is 10.0. The smallest absolute Gasteiger partial charge is 0.275 e. The molecule has 1 aromatic carbocycles. The second kappa shape index (κ2) is 7.85. The van der Waals surface area contributed by atoms with Crippen LogP contribution in [0.15, 0.2) is 41.3 Å². The van der Waals surface area contributed by atoms with Crippen LogP contribution in [0.4, 0.5) is 0 Å². The summed E-state index contributed by atoms with van der Waals surface area (Å²) >= 11 is 0. The number of fused-ring (bicyclic) bond motifs is 4. The molecule has 0 unspecified atom stereocenters. The standard InChI is InChI=1S/C23H26N4O4/c1-31-21-19-23(30)27-11-9-16-8-5-10-26(16)18(27)14-25(19)13-17(20(21)28)22(29)24-12-15-6-3-2-4-7-15/h2-4,6-7,13,16,18H,5,8-12,14H2,1H3,(H,24,29)/t16-,18-/m1/s1. The number of nitrogens with one attached hydrogen (secondary N) is 1. The molecule has 0 spiro atoms. The number of nitrogens with zero attached hydrogens (tertiary/aromatic N) is 3. The third-order valence-corrected chi connectivity index (χ3v) is 6.67. The first kappa shape index (κ1) is 19.8. The van der Waals surface area contributed by atoms with Crippen LogP contribution in [0, 0.1) is 0 Å². The van der Waals surface area contributed by atoms with E-state index in [2.05, 4.69) is 10.2 Å². The highest BCUT2D eigenvalue weighted by Crippen LogP contribution is 2.34. The molecular formula is C23H26N4O4. The fraction of sp³-hybridized carbons (Fsp3) is 0.435. The molecule has 1 N–H and O–H groups in total. The van der Waals surface area contributed by atoms with Crippen LogP contribution in [-0.4, -0.2) is 58.6 Å². The first-order valence-corrected chi connectivity index (χ1v) is 10.8. The molecule has 0 saturated carbocycles. The molecule has 2 fully saturated rings. The fourth-order valence-corrected chi connectivity index (χ4v) is 5.16. The summed E-state index contributed by atoms with van der Waals surface area (Å²) in [6.45, 7) is 2.48. The van der Waals surface area contributed by atoms with Crippen LogP contribution in [0.5, 0.6) is 5.75 Å². The van der Waals surface area contributed by atoms with Gasteiger partial charge in [-0.3, -0.25) is 19.3 Å². The maximum atomic E-state index is 13.3. The van der Waals surface area contributed by atoms with Crippen molar-refractivity contribution in [1.29, 1.82) is 0 Å². The highest BCUT2D eigenvalue weighted by Gasteiger charge is 2.45. The Balaban J connectivity index is 1.48. The second-order valence-corrected chi connectivity index (χ2v) is 8.38. The highest BCUT2D eigenvalue weighted by atomic mass is 16.5. The van der Waals surface area contributed by atoms with E-state index in [0.717, 1.165) is 31.4 Å². The summed E-state index contributed by atoms with van der Waals surface area (Å²) in [7, 11) is 1.37. The maximum Gasteiger partial charge on any atom is 0.275 e. The average Bonchev–Trinajstić information content (AvgIpc) is 3.28. The molecule has 2 aromatic rings. The summed E-state index contributed by atoms with van der Waals surface area (Å²) < 4.78 is 7.10. The third kappa shape index (κ3) is 3.31. The van der Waals surface area contributed by atoms with E-state index in [1.54, 1.807) is 4.57 Å². The molecule has 162 valence electrons. The molecule has 5 rings (SSSR count). The minimum Gasteiger partial charge on any atom is -0.491 e.